The average Bonchev–Trinajstić information content (AvgIpc) is 2.64. The van der Waals surface area contributed by atoms with Gasteiger partial charge in [0.2, 0.25) is 11.8 Å². The van der Waals surface area contributed by atoms with E-state index in [9.17, 15) is 19.5 Å². The molecule has 110 valence electrons. The largest absolute Gasteiger partial charge is 0.480 e. The van der Waals surface area contributed by atoms with Gasteiger partial charge in [0.05, 0.1) is 5.41 Å². The number of carbonyl (C=O) groups is 3. The summed E-state index contributed by atoms with van der Waals surface area (Å²) in [6, 6.07) is -0.786. The van der Waals surface area contributed by atoms with Crippen molar-refractivity contribution in [2.24, 2.45) is 11.3 Å². The lowest BCUT2D eigenvalue weighted by atomic mass is 9.78. The molecule has 0 radical (unpaired) electrons. The molecule has 0 aromatic heterocycles. The summed E-state index contributed by atoms with van der Waals surface area (Å²) in [6.45, 7) is 8.21. The molecule has 1 N–H and O–H groups in total. The number of nitrogens with zero attached hydrogens (tertiary/aromatic N) is 2. The Kier molecular flexibility index (Phi) is 3.58. The van der Waals surface area contributed by atoms with Gasteiger partial charge in [0.1, 0.15) is 6.04 Å². The minimum absolute atomic E-state index is 0.133. The van der Waals surface area contributed by atoms with Crippen LogP contribution in [0.5, 0.6) is 0 Å². The van der Waals surface area contributed by atoms with E-state index in [0.717, 1.165) is 0 Å². The Bertz CT molecular complexity index is 466. The molecule has 2 rings (SSSR count). The molecule has 2 amide bonds. The van der Waals surface area contributed by atoms with Gasteiger partial charge >= 0.3 is 5.97 Å². The molecule has 1 spiro atoms. The molecule has 0 aromatic carbocycles. The van der Waals surface area contributed by atoms with Crippen LogP contribution in [-0.4, -0.2) is 58.4 Å². The molecule has 6 nitrogen and oxygen atoms in total. The van der Waals surface area contributed by atoms with Crippen LogP contribution in [0.25, 0.3) is 0 Å². The predicted octanol–water partition coefficient (Wildman–Crippen LogP) is 0.343. The number of hydrogen-bond donors (Lipinski definition) is 1. The van der Waals surface area contributed by atoms with E-state index in [1.165, 1.54) is 11.0 Å². The van der Waals surface area contributed by atoms with Gasteiger partial charge in [-0.2, -0.15) is 0 Å². The molecule has 0 aromatic rings. The van der Waals surface area contributed by atoms with Gasteiger partial charge in [0.15, 0.2) is 0 Å². The van der Waals surface area contributed by atoms with Gasteiger partial charge in [0.25, 0.3) is 0 Å². The second-order valence-corrected chi connectivity index (χ2v) is 5.95. The highest BCUT2D eigenvalue weighted by Gasteiger charge is 2.57. The van der Waals surface area contributed by atoms with Crippen molar-refractivity contribution in [3.8, 4) is 0 Å². The van der Waals surface area contributed by atoms with Gasteiger partial charge < -0.3 is 14.9 Å². The maximum absolute atomic E-state index is 12.5. The minimum atomic E-state index is -0.969. The number of carboxylic acids is 1. The third-order valence-corrected chi connectivity index (χ3v) is 4.24. The Balaban J connectivity index is 2.09. The van der Waals surface area contributed by atoms with Crippen LogP contribution in [0, 0.1) is 11.3 Å². The van der Waals surface area contributed by atoms with Gasteiger partial charge in [0, 0.05) is 19.6 Å². The van der Waals surface area contributed by atoms with Crippen LogP contribution in [0.3, 0.4) is 0 Å². The first-order valence-electron chi connectivity index (χ1n) is 6.77. The molecule has 0 unspecified atom stereocenters. The van der Waals surface area contributed by atoms with Crippen molar-refractivity contribution < 1.29 is 19.5 Å². The van der Waals surface area contributed by atoms with E-state index in [1.54, 1.807) is 18.7 Å². The summed E-state index contributed by atoms with van der Waals surface area (Å²) in [6.07, 6.45) is 1.85. The fraction of sp³-hybridized carbons (Fsp3) is 0.643. The van der Waals surface area contributed by atoms with Crippen LogP contribution in [0.1, 0.15) is 20.3 Å². The fourth-order valence-electron chi connectivity index (χ4n) is 3.15. The Hall–Kier alpha value is -1.85. The second-order valence-electron chi connectivity index (χ2n) is 5.95. The van der Waals surface area contributed by atoms with Crippen LogP contribution in [0.2, 0.25) is 0 Å². The lowest BCUT2D eigenvalue weighted by Gasteiger charge is -2.46. The molecule has 2 saturated heterocycles. The first kappa shape index (κ1) is 14.6. The Morgan fingerprint density at radius 3 is 2.45 bits per heavy atom. The maximum atomic E-state index is 12.5. The number of aliphatic carboxylic acids is 1. The standard InChI is InChI=1S/C14H20N2O4/c1-4-10(17)15-7-14(8-15)5-6-16(13(14)20)11(9(2)3)12(18)19/h4,9,11H,1,5-8H2,2-3H3,(H,18,19)/t11-/m0/s1. The smallest absolute Gasteiger partial charge is 0.326 e. The highest BCUT2D eigenvalue weighted by Crippen LogP contribution is 2.42. The summed E-state index contributed by atoms with van der Waals surface area (Å²) in [7, 11) is 0. The highest BCUT2D eigenvalue weighted by molar-refractivity contribution is 5.94. The van der Waals surface area contributed by atoms with E-state index in [-0.39, 0.29) is 17.7 Å². The van der Waals surface area contributed by atoms with Crippen LogP contribution in [0.4, 0.5) is 0 Å². The van der Waals surface area contributed by atoms with Crippen molar-refractivity contribution in [2.45, 2.75) is 26.3 Å². The summed E-state index contributed by atoms with van der Waals surface area (Å²) in [5.41, 5.74) is -0.568. The normalized spacial score (nSPS) is 22.1. The van der Waals surface area contributed by atoms with Crippen molar-refractivity contribution in [2.75, 3.05) is 19.6 Å². The lowest BCUT2D eigenvalue weighted by molar-refractivity contribution is -0.159. The Morgan fingerprint density at radius 1 is 1.40 bits per heavy atom. The summed E-state index contributed by atoms with van der Waals surface area (Å²) < 4.78 is 0. The van der Waals surface area contributed by atoms with Crippen molar-refractivity contribution in [1.29, 1.82) is 0 Å². The number of likely N-dealkylation sites (tertiary alicyclic amines) is 2. The van der Waals surface area contributed by atoms with Crippen molar-refractivity contribution in [1.82, 2.24) is 9.80 Å². The molecule has 20 heavy (non-hydrogen) atoms. The Labute approximate surface area is 118 Å². The first-order chi connectivity index (χ1) is 9.32. The summed E-state index contributed by atoms with van der Waals surface area (Å²) in [4.78, 5) is 38.3. The topological polar surface area (TPSA) is 77.9 Å². The lowest BCUT2D eigenvalue weighted by Crippen LogP contribution is -2.62. The molecule has 2 aliphatic rings. The number of amides is 2. The third kappa shape index (κ3) is 2.09. The molecular formula is C14H20N2O4. The van der Waals surface area contributed by atoms with E-state index in [0.29, 0.717) is 26.1 Å². The van der Waals surface area contributed by atoms with E-state index < -0.39 is 17.4 Å². The van der Waals surface area contributed by atoms with Crippen LogP contribution in [0.15, 0.2) is 12.7 Å². The zero-order valence-corrected chi connectivity index (χ0v) is 11.8. The van der Waals surface area contributed by atoms with Crippen LogP contribution in [-0.2, 0) is 14.4 Å². The average molecular weight is 280 g/mol. The van der Waals surface area contributed by atoms with E-state index in [2.05, 4.69) is 6.58 Å². The molecular weight excluding hydrogens is 260 g/mol. The maximum Gasteiger partial charge on any atom is 0.326 e. The molecule has 6 heteroatoms. The van der Waals surface area contributed by atoms with Gasteiger partial charge in [-0.15, -0.1) is 0 Å². The first-order valence-corrected chi connectivity index (χ1v) is 6.77. The zero-order chi connectivity index (χ0) is 15.1. The molecule has 1 atom stereocenters. The number of carbonyl (C=O) groups excluding carboxylic acids is 2. The minimum Gasteiger partial charge on any atom is -0.480 e. The van der Waals surface area contributed by atoms with Crippen molar-refractivity contribution >= 4 is 17.8 Å². The number of hydrogen-bond acceptors (Lipinski definition) is 3. The summed E-state index contributed by atoms with van der Waals surface area (Å²) in [5, 5.41) is 9.29. The summed E-state index contributed by atoms with van der Waals surface area (Å²) in [5.74, 6) is -1.42. The second kappa shape index (κ2) is 4.92. The molecule has 2 heterocycles. The van der Waals surface area contributed by atoms with Crippen molar-refractivity contribution in [3.63, 3.8) is 0 Å². The quantitative estimate of drug-likeness (QED) is 0.753. The van der Waals surface area contributed by atoms with Gasteiger partial charge in [-0.1, -0.05) is 20.4 Å². The van der Waals surface area contributed by atoms with Gasteiger partial charge in [-0.3, -0.25) is 9.59 Å². The zero-order valence-electron chi connectivity index (χ0n) is 11.8. The molecule has 0 saturated carbocycles. The molecule has 0 bridgehead atoms. The third-order valence-electron chi connectivity index (χ3n) is 4.24. The summed E-state index contributed by atoms with van der Waals surface area (Å²) >= 11 is 0. The fourth-order valence-corrected chi connectivity index (χ4v) is 3.15. The molecule has 2 aliphatic heterocycles. The van der Waals surface area contributed by atoms with Crippen LogP contribution >= 0.6 is 0 Å². The van der Waals surface area contributed by atoms with Crippen LogP contribution < -0.4 is 0 Å². The number of rotatable bonds is 4. The Morgan fingerprint density at radius 2 is 2.00 bits per heavy atom. The monoisotopic (exact) mass is 280 g/mol. The van der Waals surface area contributed by atoms with Crippen molar-refractivity contribution in [3.05, 3.63) is 12.7 Å². The SMILES string of the molecule is C=CC(=O)N1CC2(CCN([C@H](C(=O)O)C(C)C)C2=O)C1. The van der Waals surface area contributed by atoms with E-state index >= 15 is 0 Å². The molecule has 2 fully saturated rings. The number of carboxylic acid groups (broad SMARTS) is 1. The molecule has 0 aliphatic carbocycles. The highest BCUT2D eigenvalue weighted by atomic mass is 16.4. The van der Waals surface area contributed by atoms with E-state index in [1.807, 2.05) is 0 Å². The van der Waals surface area contributed by atoms with Gasteiger partial charge in [-0.05, 0) is 18.4 Å². The van der Waals surface area contributed by atoms with E-state index in [4.69, 9.17) is 0 Å². The van der Waals surface area contributed by atoms with Gasteiger partial charge in [-0.25, -0.2) is 4.79 Å². The predicted molar refractivity (Wildman–Crippen MR) is 71.8 cm³/mol.